The molecule has 0 heterocycles. The minimum Gasteiger partial charge on any atom is -0.271 e. The van der Waals surface area contributed by atoms with Gasteiger partial charge in [0.15, 0.2) is 0 Å². The maximum Gasteiger partial charge on any atom is 0.0288 e. The van der Waals surface area contributed by atoms with Crippen LogP contribution in [0.1, 0.15) is 37.7 Å². The van der Waals surface area contributed by atoms with Gasteiger partial charge in [-0.15, -0.1) is 0 Å². The van der Waals surface area contributed by atoms with E-state index in [0.717, 1.165) is 12.8 Å². The first kappa shape index (κ1) is 14.3. The van der Waals surface area contributed by atoms with Crippen molar-refractivity contribution in [3.8, 4) is 0 Å². The van der Waals surface area contributed by atoms with E-state index < -0.39 is 0 Å². The topological polar surface area (TPSA) is 38.0 Å². The Labute approximate surface area is 127 Å². The van der Waals surface area contributed by atoms with Crippen LogP contribution in [0, 0.1) is 0 Å². The molecule has 110 valence electrons. The lowest BCUT2D eigenvalue weighted by molar-refractivity contribution is 0.506. The molecule has 2 nitrogen and oxygen atoms in total. The molecule has 0 aromatic heterocycles. The average Bonchev–Trinajstić information content (AvgIpc) is 2.55. The zero-order valence-corrected chi connectivity index (χ0v) is 12.5. The standard InChI is InChI=1S/C19H24N2/c20-21-18(13-15-7-2-1-3-8-15)14-17-11-6-10-16-9-4-5-12-19(16)17/h4-7,9-12,18,21H,1-3,8,13-14,20H2. The first-order valence-corrected chi connectivity index (χ1v) is 7.97. The molecule has 0 saturated heterocycles. The van der Waals surface area contributed by atoms with Crippen molar-refractivity contribution >= 4 is 10.8 Å². The Morgan fingerprint density at radius 3 is 2.67 bits per heavy atom. The Bertz CT molecular complexity index is 625. The molecular weight excluding hydrogens is 256 g/mol. The van der Waals surface area contributed by atoms with Crippen LogP contribution in [-0.2, 0) is 6.42 Å². The molecule has 1 atom stereocenters. The highest BCUT2D eigenvalue weighted by Gasteiger charge is 2.13. The number of nitrogens with one attached hydrogen (secondary N) is 1. The summed E-state index contributed by atoms with van der Waals surface area (Å²) in [6.45, 7) is 0. The normalized spacial score (nSPS) is 16.7. The molecule has 0 radical (unpaired) electrons. The van der Waals surface area contributed by atoms with Gasteiger partial charge in [0.25, 0.3) is 0 Å². The molecule has 1 unspecified atom stereocenters. The second-order valence-electron chi connectivity index (χ2n) is 6.02. The molecule has 3 rings (SSSR count). The van der Waals surface area contributed by atoms with Gasteiger partial charge in [0, 0.05) is 6.04 Å². The van der Waals surface area contributed by atoms with Gasteiger partial charge in [-0.2, -0.15) is 0 Å². The summed E-state index contributed by atoms with van der Waals surface area (Å²) in [4.78, 5) is 0. The van der Waals surface area contributed by atoms with Gasteiger partial charge in [0.1, 0.15) is 0 Å². The van der Waals surface area contributed by atoms with Crippen LogP contribution >= 0.6 is 0 Å². The molecule has 0 saturated carbocycles. The van der Waals surface area contributed by atoms with Crippen LogP contribution in [0.5, 0.6) is 0 Å². The van der Waals surface area contributed by atoms with Gasteiger partial charge in [0.05, 0.1) is 0 Å². The zero-order chi connectivity index (χ0) is 14.5. The van der Waals surface area contributed by atoms with Crippen molar-refractivity contribution < 1.29 is 0 Å². The summed E-state index contributed by atoms with van der Waals surface area (Å²) in [5.74, 6) is 5.80. The van der Waals surface area contributed by atoms with E-state index in [0.29, 0.717) is 6.04 Å². The summed E-state index contributed by atoms with van der Waals surface area (Å²) in [6.07, 6.45) is 9.62. The van der Waals surface area contributed by atoms with E-state index in [1.807, 2.05) is 0 Å². The number of hydrogen-bond donors (Lipinski definition) is 2. The van der Waals surface area contributed by atoms with Crippen molar-refractivity contribution in [3.63, 3.8) is 0 Å². The van der Waals surface area contributed by atoms with E-state index >= 15 is 0 Å². The van der Waals surface area contributed by atoms with Crippen LogP contribution in [0.15, 0.2) is 54.1 Å². The highest BCUT2D eigenvalue weighted by atomic mass is 15.2. The van der Waals surface area contributed by atoms with Crippen molar-refractivity contribution in [2.45, 2.75) is 44.6 Å². The number of hydrogen-bond acceptors (Lipinski definition) is 2. The number of hydrazine groups is 1. The summed E-state index contributed by atoms with van der Waals surface area (Å²) in [5, 5.41) is 2.65. The molecule has 3 N–H and O–H groups in total. The zero-order valence-electron chi connectivity index (χ0n) is 12.5. The fourth-order valence-corrected chi connectivity index (χ4v) is 3.33. The lowest BCUT2D eigenvalue weighted by Gasteiger charge is -2.21. The predicted octanol–water partition coefficient (Wildman–Crippen LogP) is 4.10. The van der Waals surface area contributed by atoms with E-state index in [9.17, 15) is 0 Å². The van der Waals surface area contributed by atoms with Crippen molar-refractivity contribution in [2.75, 3.05) is 0 Å². The van der Waals surface area contributed by atoms with E-state index in [1.165, 1.54) is 42.0 Å². The fourth-order valence-electron chi connectivity index (χ4n) is 3.33. The molecule has 0 fully saturated rings. The Balaban J connectivity index is 1.77. The third-order valence-corrected chi connectivity index (χ3v) is 4.48. The maximum atomic E-state index is 5.80. The second kappa shape index (κ2) is 6.88. The Morgan fingerprint density at radius 2 is 1.86 bits per heavy atom. The number of rotatable bonds is 5. The van der Waals surface area contributed by atoms with Crippen molar-refractivity contribution in [3.05, 3.63) is 59.7 Å². The number of allylic oxidation sites excluding steroid dienone is 1. The van der Waals surface area contributed by atoms with Crippen molar-refractivity contribution in [1.29, 1.82) is 0 Å². The van der Waals surface area contributed by atoms with E-state index in [2.05, 4.69) is 54.0 Å². The van der Waals surface area contributed by atoms with Gasteiger partial charge in [-0.05, 0) is 54.9 Å². The van der Waals surface area contributed by atoms with Gasteiger partial charge in [-0.25, -0.2) is 0 Å². The third-order valence-electron chi connectivity index (χ3n) is 4.48. The summed E-state index contributed by atoms with van der Waals surface area (Å²) in [6, 6.07) is 15.4. The molecule has 0 bridgehead atoms. The summed E-state index contributed by atoms with van der Waals surface area (Å²) in [7, 11) is 0. The van der Waals surface area contributed by atoms with Crippen LogP contribution in [0.4, 0.5) is 0 Å². The lowest BCUT2D eigenvalue weighted by Crippen LogP contribution is -2.37. The van der Waals surface area contributed by atoms with E-state index in [-0.39, 0.29) is 0 Å². The van der Waals surface area contributed by atoms with Gasteiger partial charge in [0.2, 0.25) is 0 Å². The Kier molecular flexibility index (Phi) is 4.69. The lowest BCUT2D eigenvalue weighted by atomic mass is 9.91. The summed E-state index contributed by atoms with van der Waals surface area (Å²) in [5.41, 5.74) is 5.98. The molecule has 2 aromatic rings. The predicted molar refractivity (Wildman–Crippen MR) is 89.9 cm³/mol. The quantitative estimate of drug-likeness (QED) is 0.491. The van der Waals surface area contributed by atoms with E-state index in [4.69, 9.17) is 5.84 Å². The molecular formula is C19H24N2. The SMILES string of the molecule is NNC(CC1=CCCCC1)Cc1cccc2ccccc12. The first-order chi connectivity index (χ1) is 10.4. The minimum absolute atomic E-state index is 0.320. The van der Waals surface area contributed by atoms with Gasteiger partial charge in [-0.3, -0.25) is 11.3 Å². The third kappa shape index (κ3) is 3.52. The smallest absolute Gasteiger partial charge is 0.0288 e. The number of benzene rings is 2. The average molecular weight is 280 g/mol. The maximum absolute atomic E-state index is 5.80. The number of fused-ring (bicyclic) bond motifs is 1. The van der Waals surface area contributed by atoms with Crippen LogP contribution in [0.3, 0.4) is 0 Å². The molecule has 21 heavy (non-hydrogen) atoms. The molecule has 0 aliphatic heterocycles. The Morgan fingerprint density at radius 1 is 1.00 bits per heavy atom. The largest absolute Gasteiger partial charge is 0.271 e. The Hall–Kier alpha value is -1.64. The van der Waals surface area contributed by atoms with Crippen molar-refractivity contribution in [1.82, 2.24) is 5.43 Å². The molecule has 0 amide bonds. The van der Waals surface area contributed by atoms with E-state index in [1.54, 1.807) is 5.57 Å². The minimum atomic E-state index is 0.320. The molecule has 2 heteroatoms. The van der Waals surface area contributed by atoms with Crippen molar-refractivity contribution in [2.24, 2.45) is 5.84 Å². The second-order valence-corrected chi connectivity index (χ2v) is 6.02. The molecule has 1 aliphatic carbocycles. The van der Waals surface area contributed by atoms with Gasteiger partial charge >= 0.3 is 0 Å². The molecule has 2 aromatic carbocycles. The van der Waals surface area contributed by atoms with Crippen LogP contribution in [0.2, 0.25) is 0 Å². The van der Waals surface area contributed by atoms with Gasteiger partial charge < -0.3 is 0 Å². The van der Waals surface area contributed by atoms with Crippen LogP contribution in [-0.4, -0.2) is 6.04 Å². The number of nitrogens with two attached hydrogens (primary N) is 1. The van der Waals surface area contributed by atoms with Crippen LogP contribution < -0.4 is 11.3 Å². The fraction of sp³-hybridized carbons (Fsp3) is 0.368. The molecule has 0 spiro atoms. The highest BCUT2D eigenvalue weighted by Crippen LogP contribution is 2.24. The monoisotopic (exact) mass is 280 g/mol. The summed E-state index contributed by atoms with van der Waals surface area (Å²) < 4.78 is 0. The van der Waals surface area contributed by atoms with Crippen LogP contribution in [0.25, 0.3) is 10.8 Å². The molecule has 1 aliphatic rings. The first-order valence-electron chi connectivity index (χ1n) is 7.97. The highest BCUT2D eigenvalue weighted by molar-refractivity contribution is 5.85. The van der Waals surface area contributed by atoms with Gasteiger partial charge in [-0.1, -0.05) is 54.1 Å². The summed E-state index contributed by atoms with van der Waals surface area (Å²) >= 11 is 0.